The van der Waals surface area contributed by atoms with Gasteiger partial charge >= 0.3 is 0 Å². The Morgan fingerprint density at radius 3 is 2.89 bits per heavy atom. The number of allylic oxidation sites excluding steroid dienone is 1. The molecule has 0 aromatic carbocycles. The number of anilines is 1. The molecule has 3 N–H and O–H groups in total. The summed E-state index contributed by atoms with van der Waals surface area (Å²) in [5, 5.41) is 13.9. The molecule has 6 rings (SSSR count). The van der Waals surface area contributed by atoms with Crippen LogP contribution in [0.3, 0.4) is 0 Å². The average Bonchev–Trinajstić information content (AvgIpc) is 3.29. The van der Waals surface area contributed by atoms with Gasteiger partial charge in [-0.15, -0.1) is 11.3 Å². The van der Waals surface area contributed by atoms with E-state index in [1.807, 2.05) is 24.3 Å². The molecule has 198 valence electrons. The highest BCUT2D eigenvalue weighted by atomic mass is 32.1. The maximum absolute atomic E-state index is 12.8. The topological polar surface area (TPSA) is 113 Å². The summed E-state index contributed by atoms with van der Waals surface area (Å²) >= 11 is 1.43. The van der Waals surface area contributed by atoms with Crippen LogP contribution in [0.15, 0.2) is 42.2 Å². The van der Waals surface area contributed by atoms with Gasteiger partial charge in [0, 0.05) is 43.0 Å². The van der Waals surface area contributed by atoms with Crippen LogP contribution in [-0.2, 0) is 9.53 Å². The third kappa shape index (κ3) is 5.50. The van der Waals surface area contributed by atoms with E-state index in [0.717, 1.165) is 79.6 Å². The zero-order chi connectivity index (χ0) is 26.1. The summed E-state index contributed by atoms with van der Waals surface area (Å²) in [5.74, 6) is 0.736. The van der Waals surface area contributed by atoms with Gasteiger partial charge in [-0.3, -0.25) is 14.5 Å². The molecular weight excluding hydrogens is 502 g/mol. The summed E-state index contributed by atoms with van der Waals surface area (Å²) in [4.78, 5) is 33.5. The number of rotatable bonds is 9. The van der Waals surface area contributed by atoms with Gasteiger partial charge in [0.15, 0.2) is 5.65 Å². The zero-order valence-electron chi connectivity index (χ0n) is 21.2. The standard InChI is InChI=1S/C27H31N7O3S/c1-17-18(14-25(35)30-17)13-19-16-29-34-24(31-20-3-4-20)15-21(32-26(19)34)22-5-6-23(38-22)27(36)28-7-2-8-33-9-11-37-12-10-33/h5-6,13,15-16,20,31H,1-4,7-12,14H2,(H,28,36)(H,30,35)/b18-13+. The maximum Gasteiger partial charge on any atom is 0.261 e. The number of carbonyl (C=O) groups is 2. The van der Waals surface area contributed by atoms with Crippen molar-refractivity contribution in [2.24, 2.45) is 0 Å². The number of carbonyl (C=O) groups excluding carboxylic acids is 2. The van der Waals surface area contributed by atoms with E-state index in [-0.39, 0.29) is 11.8 Å². The molecule has 1 aliphatic carbocycles. The highest BCUT2D eigenvalue weighted by Crippen LogP contribution is 2.33. The lowest BCUT2D eigenvalue weighted by Gasteiger charge is -2.26. The summed E-state index contributed by atoms with van der Waals surface area (Å²) in [6.07, 6.45) is 7.13. The van der Waals surface area contributed by atoms with Crippen LogP contribution in [-0.4, -0.2) is 76.7 Å². The predicted molar refractivity (Wildman–Crippen MR) is 147 cm³/mol. The SMILES string of the molecule is C=C1NC(=O)C/C1=C\c1cnn2c(NC3CC3)cc(-c3ccc(C(=O)NCCCN4CCOCC4)s3)nc12. The molecule has 5 heterocycles. The van der Waals surface area contributed by atoms with Gasteiger partial charge in [0.2, 0.25) is 5.91 Å². The molecule has 2 saturated heterocycles. The number of fused-ring (bicyclic) bond motifs is 1. The molecule has 3 aromatic heterocycles. The highest BCUT2D eigenvalue weighted by molar-refractivity contribution is 7.17. The van der Waals surface area contributed by atoms with Crippen LogP contribution in [0.1, 0.15) is 40.9 Å². The molecule has 38 heavy (non-hydrogen) atoms. The van der Waals surface area contributed by atoms with Gasteiger partial charge in [0.1, 0.15) is 5.82 Å². The lowest BCUT2D eigenvalue weighted by molar-refractivity contribution is -0.118. The van der Waals surface area contributed by atoms with Gasteiger partial charge in [-0.25, -0.2) is 4.98 Å². The van der Waals surface area contributed by atoms with Gasteiger partial charge < -0.3 is 20.7 Å². The number of amides is 2. The Morgan fingerprint density at radius 2 is 2.13 bits per heavy atom. The zero-order valence-corrected chi connectivity index (χ0v) is 22.0. The summed E-state index contributed by atoms with van der Waals surface area (Å²) in [6.45, 7) is 9.02. The van der Waals surface area contributed by atoms with Crippen LogP contribution < -0.4 is 16.0 Å². The second-order valence-corrected chi connectivity index (χ2v) is 11.0. The molecule has 2 amide bonds. The number of hydrogen-bond donors (Lipinski definition) is 3. The minimum atomic E-state index is -0.0627. The third-order valence-corrected chi connectivity index (χ3v) is 8.02. The van der Waals surface area contributed by atoms with Crippen molar-refractivity contribution in [2.75, 3.05) is 44.7 Å². The number of nitrogens with one attached hydrogen (secondary N) is 3. The van der Waals surface area contributed by atoms with E-state index in [4.69, 9.17) is 9.72 Å². The Bertz CT molecular complexity index is 1420. The second-order valence-electron chi connectivity index (χ2n) is 9.88. The lowest BCUT2D eigenvalue weighted by Crippen LogP contribution is -2.38. The highest BCUT2D eigenvalue weighted by Gasteiger charge is 2.24. The Morgan fingerprint density at radius 1 is 1.29 bits per heavy atom. The van der Waals surface area contributed by atoms with E-state index in [9.17, 15) is 9.59 Å². The van der Waals surface area contributed by atoms with Gasteiger partial charge in [0.05, 0.1) is 41.3 Å². The van der Waals surface area contributed by atoms with Crippen molar-refractivity contribution in [3.05, 3.63) is 52.7 Å². The molecule has 0 bridgehead atoms. The molecule has 0 atom stereocenters. The van der Waals surface area contributed by atoms with Crippen LogP contribution in [0, 0.1) is 0 Å². The van der Waals surface area contributed by atoms with E-state index in [1.165, 1.54) is 11.3 Å². The van der Waals surface area contributed by atoms with Crippen molar-refractivity contribution >= 4 is 40.7 Å². The van der Waals surface area contributed by atoms with E-state index in [1.54, 1.807) is 10.7 Å². The van der Waals surface area contributed by atoms with Crippen molar-refractivity contribution in [2.45, 2.75) is 31.7 Å². The fourth-order valence-electron chi connectivity index (χ4n) is 4.66. The van der Waals surface area contributed by atoms with E-state index in [2.05, 4.69) is 32.5 Å². The maximum atomic E-state index is 12.8. The molecule has 0 unspecified atom stereocenters. The summed E-state index contributed by atoms with van der Waals surface area (Å²) in [7, 11) is 0. The second kappa shape index (κ2) is 10.7. The quantitative estimate of drug-likeness (QED) is 0.363. The summed E-state index contributed by atoms with van der Waals surface area (Å²) in [6, 6.07) is 6.22. The fraction of sp³-hybridized carbons (Fsp3) is 0.407. The minimum absolute atomic E-state index is 0.0621. The fourth-order valence-corrected chi connectivity index (χ4v) is 5.54. The van der Waals surface area contributed by atoms with Gasteiger partial charge in [-0.05, 0) is 49.6 Å². The Hall–Kier alpha value is -3.54. The van der Waals surface area contributed by atoms with Crippen LogP contribution in [0.4, 0.5) is 5.82 Å². The molecule has 3 aromatic rings. The van der Waals surface area contributed by atoms with Crippen molar-refractivity contribution in [1.29, 1.82) is 0 Å². The van der Waals surface area contributed by atoms with Gasteiger partial charge in [-0.2, -0.15) is 9.61 Å². The average molecular weight is 534 g/mol. The predicted octanol–water partition coefficient (Wildman–Crippen LogP) is 2.90. The van der Waals surface area contributed by atoms with Crippen molar-refractivity contribution in [1.82, 2.24) is 30.1 Å². The molecular formula is C27H31N7O3S. The van der Waals surface area contributed by atoms with Crippen LogP contribution in [0.25, 0.3) is 22.3 Å². The van der Waals surface area contributed by atoms with E-state index >= 15 is 0 Å². The van der Waals surface area contributed by atoms with E-state index in [0.29, 0.717) is 35.2 Å². The van der Waals surface area contributed by atoms with Crippen LogP contribution in [0.2, 0.25) is 0 Å². The van der Waals surface area contributed by atoms with Crippen LogP contribution in [0.5, 0.6) is 0 Å². The number of aromatic nitrogens is 3. The summed E-state index contributed by atoms with van der Waals surface area (Å²) < 4.78 is 7.19. The first-order chi connectivity index (χ1) is 18.5. The van der Waals surface area contributed by atoms with E-state index < -0.39 is 0 Å². The van der Waals surface area contributed by atoms with Crippen molar-refractivity contribution in [3.8, 4) is 10.6 Å². The molecule has 2 aliphatic heterocycles. The van der Waals surface area contributed by atoms with Gasteiger partial charge in [-0.1, -0.05) is 6.58 Å². The third-order valence-electron chi connectivity index (χ3n) is 6.91. The smallest absolute Gasteiger partial charge is 0.261 e. The molecule has 0 spiro atoms. The van der Waals surface area contributed by atoms with Crippen molar-refractivity contribution < 1.29 is 14.3 Å². The number of morpholine rings is 1. The molecule has 1 saturated carbocycles. The Balaban J connectivity index is 1.20. The summed E-state index contributed by atoms with van der Waals surface area (Å²) in [5.41, 5.74) is 3.72. The molecule has 10 nitrogen and oxygen atoms in total. The molecule has 3 aliphatic rings. The molecule has 3 fully saturated rings. The number of ether oxygens (including phenoxy) is 1. The Labute approximate surface area is 224 Å². The lowest BCUT2D eigenvalue weighted by atomic mass is 10.1. The Kier molecular flexibility index (Phi) is 6.96. The van der Waals surface area contributed by atoms with Gasteiger partial charge in [0.25, 0.3) is 5.91 Å². The molecule has 0 radical (unpaired) electrons. The number of hydrogen-bond acceptors (Lipinski definition) is 8. The number of nitrogens with zero attached hydrogens (tertiary/aromatic N) is 4. The first-order valence-electron chi connectivity index (χ1n) is 13.1. The first kappa shape index (κ1) is 24.8. The molecule has 11 heteroatoms. The monoisotopic (exact) mass is 533 g/mol. The van der Waals surface area contributed by atoms with Crippen molar-refractivity contribution in [3.63, 3.8) is 0 Å². The normalized spacial score (nSPS) is 19.3. The minimum Gasteiger partial charge on any atom is -0.379 e. The first-order valence-corrected chi connectivity index (χ1v) is 13.9. The largest absolute Gasteiger partial charge is 0.379 e. The van der Waals surface area contributed by atoms with Crippen LogP contribution >= 0.6 is 11.3 Å². The number of thiophene rings is 1.